The third kappa shape index (κ3) is 25.7. The molecule has 0 rings (SSSR count). The zero-order chi connectivity index (χ0) is 14.1. The third-order valence-electron chi connectivity index (χ3n) is 0.894. The van der Waals surface area contributed by atoms with Crippen molar-refractivity contribution in [2.45, 2.75) is 0 Å². The van der Waals surface area contributed by atoms with Gasteiger partial charge in [-0.1, -0.05) is 6.08 Å². The van der Waals surface area contributed by atoms with Crippen molar-refractivity contribution in [2.75, 3.05) is 42.7 Å². The molecule has 2 radical (unpaired) electrons. The second kappa shape index (κ2) is 26.5. The summed E-state index contributed by atoms with van der Waals surface area (Å²) in [6.45, 7) is 6.50. The van der Waals surface area contributed by atoms with Crippen LogP contribution in [0.1, 0.15) is 0 Å². The number of hydrogen-bond acceptors (Lipinski definition) is 6. The van der Waals surface area contributed by atoms with Gasteiger partial charge in [-0.2, -0.15) is 0 Å². The van der Waals surface area contributed by atoms with Crippen LogP contribution in [0, 0.1) is 6.92 Å². The normalized spacial score (nSPS) is 8.72. The van der Waals surface area contributed by atoms with Crippen molar-refractivity contribution in [3.05, 3.63) is 19.6 Å². The predicted octanol–water partition coefficient (Wildman–Crippen LogP) is 3.31. The molecule has 0 unspecified atom stereocenters. The second-order valence-corrected chi connectivity index (χ2v) is 4.92. The molecule has 0 aliphatic heterocycles. The molecule has 0 aliphatic rings. The molecule has 0 spiro atoms. The number of allylic oxidation sites excluding steroid dienone is 1. The van der Waals surface area contributed by atoms with E-state index in [4.69, 9.17) is 0 Å². The average Bonchev–Trinajstić information content (AvgIpc) is 2.35. The van der Waals surface area contributed by atoms with Crippen LogP contribution in [-0.2, 0) is 46.6 Å². The quantitative estimate of drug-likeness (QED) is 0.511. The van der Waals surface area contributed by atoms with Crippen LogP contribution >= 0.6 is 17.2 Å². The maximum Gasteiger partial charge on any atom is 0.331 e. The molecule has 9 heteroatoms. The van der Waals surface area contributed by atoms with Crippen LogP contribution in [-0.4, -0.2) is 42.7 Å². The Balaban J connectivity index is -0.0000000857. The minimum absolute atomic E-state index is 0. The largest absolute Gasteiger partial charge is 0.331 e. The first-order chi connectivity index (χ1) is 8.11. The second-order valence-electron chi connectivity index (χ2n) is 1.83. The first-order valence-corrected chi connectivity index (χ1v) is 6.55. The van der Waals surface area contributed by atoms with Crippen molar-refractivity contribution < 1.29 is 46.6 Å². The predicted molar refractivity (Wildman–Crippen MR) is 71.4 cm³/mol. The summed E-state index contributed by atoms with van der Waals surface area (Å²) in [4.78, 5) is 0. The number of rotatable bonds is 6. The van der Waals surface area contributed by atoms with E-state index >= 15 is 0 Å². The topological polar surface area (TPSA) is 55.4 Å². The van der Waals surface area contributed by atoms with E-state index in [0.29, 0.717) is 0 Å². The molecule has 0 aromatic rings. The van der Waals surface area contributed by atoms with Gasteiger partial charge in [0.05, 0.1) is 0 Å². The Morgan fingerprint density at radius 3 is 0.778 bits per heavy atom. The Morgan fingerprint density at radius 1 is 0.667 bits per heavy atom. The van der Waals surface area contributed by atoms with Gasteiger partial charge in [0.25, 0.3) is 0 Å². The van der Waals surface area contributed by atoms with E-state index in [0.717, 1.165) is 0 Å². The molecular weight excluding hydrogens is 369 g/mol. The van der Waals surface area contributed by atoms with E-state index in [1.165, 1.54) is 6.08 Å². The minimum Gasteiger partial charge on any atom is -0.316 e. The first-order valence-electron chi connectivity index (χ1n) is 4.36. The van der Waals surface area contributed by atoms with E-state index in [1.807, 2.05) is 0 Å². The first kappa shape index (κ1) is 27.3. The summed E-state index contributed by atoms with van der Waals surface area (Å²) in [6, 6.07) is 0. The molecule has 18 heavy (non-hydrogen) atoms. The Labute approximate surface area is 126 Å². The molecule has 0 atom stereocenters. The molecule has 0 saturated heterocycles. The summed E-state index contributed by atoms with van der Waals surface area (Å²) < 4.78 is 28.0. The van der Waals surface area contributed by atoms with Crippen molar-refractivity contribution in [3.8, 4) is 0 Å². The summed E-state index contributed by atoms with van der Waals surface area (Å²) in [5.41, 5.74) is 0. The molecule has 0 N–H and O–H groups in total. The Hall–Kier alpha value is 0.983. The zero-order valence-electron chi connectivity index (χ0n) is 11.7. The standard InChI is InChI=1S/2C3H9O3P.C3H5.Rh/c2*1-4-7(5-2)6-3;1-3-2;/h2*1-3H3;3H,1-2H2;. The fraction of sp³-hybridized carbons (Fsp3) is 0.667. The summed E-state index contributed by atoms with van der Waals surface area (Å²) in [6.07, 6.45) is 1.50. The molecule has 0 amide bonds. The van der Waals surface area contributed by atoms with Gasteiger partial charge in [0.1, 0.15) is 0 Å². The van der Waals surface area contributed by atoms with Gasteiger partial charge in [-0.3, -0.25) is 0 Å². The Kier molecular flexibility index (Phi) is 40.3. The van der Waals surface area contributed by atoms with Gasteiger partial charge in [-0.25, -0.2) is 0 Å². The van der Waals surface area contributed by atoms with Crippen LogP contribution in [0.4, 0.5) is 0 Å². The van der Waals surface area contributed by atoms with E-state index in [1.54, 1.807) is 42.7 Å². The molecule has 0 saturated carbocycles. The van der Waals surface area contributed by atoms with Crippen LogP contribution in [0.15, 0.2) is 12.7 Å². The fourth-order valence-electron chi connectivity index (χ4n) is 0.447. The van der Waals surface area contributed by atoms with Gasteiger partial charge < -0.3 is 27.1 Å². The van der Waals surface area contributed by atoms with Gasteiger partial charge >= 0.3 is 17.2 Å². The molecule has 0 aliphatic carbocycles. The summed E-state index contributed by atoms with van der Waals surface area (Å²) in [5.74, 6) is 0. The van der Waals surface area contributed by atoms with Crippen LogP contribution in [0.5, 0.6) is 0 Å². The maximum absolute atomic E-state index is 4.67. The summed E-state index contributed by atoms with van der Waals surface area (Å²) in [7, 11) is 7.13. The van der Waals surface area contributed by atoms with Gasteiger partial charge in [0.15, 0.2) is 0 Å². The van der Waals surface area contributed by atoms with Crippen LogP contribution in [0.3, 0.4) is 0 Å². The summed E-state index contributed by atoms with van der Waals surface area (Å²) in [5, 5.41) is 0. The van der Waals surface area contributed by atoms with Crippen molar-refractivity contribution in [2.24, 2.45) is 0 Å². The van der Waals surface area contributed by atoms with E-state index in [2.05, 4.69) is 40.6 Å². The molecule has 0 fully saturated rings. The molecular formula is C9H23O6P2Rh. The molecule has 0 aromatic carbocycles. The smallest absolute Gasteiger partial charge is 0.316 e. The number of hydrogen-bond donors (Lipinski definition) is 0. The van der Waals surface area contributed by atoms with Crippen molar-refractivity contribution >= 4 is 17.2 Å². The fourth-order valence-corrected chi connectivity index (χ4v) is 1.34. The minimum atomic E-state index is -1.05. The van der Waals surface area contributed by atoms with Crippen molar-refractivity contribution in [1.82, 2.24) is 0 Å². The van der Waals surface area contributed by atoms with Gasteiger partial charge in [-0.05, 0) is 6.92 Å². The van der Waals surface area contributed by atoms with Gasteiger partial charge in [0, 0.05) is 62.1 Å². The summed E-state index contributed by atoms with van der Waals surface area (Å²) >= 11 is 0. The van der Waals surface area contributed by atoms with Crippen LogP contribution in [0.25, 0.3) is 0 Å². The third-order valence-corrected chi connectivity index (χ3v) is 2.68. The SMILES string of the molecule is COP(OC)OC.COP(OC)OC.[CH2]C=C.[Rh]. The Bertz CT molecular complexity index is 113. The molecule has 114 valence electrons. The van der Waals surface area contributed by atoms with Crippen molar-refractivity contribution in [3.63, 3.8) is 0 Å². The van der Waals surface area contributed by atoms with E-state index < -0.39 is 17.2 Å². The molecule has 6 nitrogen and oxygen atoms in total. The average molecular weight is 392 g/mol. The van der Waals surface area contributed by atoms with Crippen LogP contribution < -0.4 is 0 Å². The maximum atomic E-state index is 4.67. The van der Waals surface area contributed by atoms with E-state index in [9.17, 15) is 0 Å². The van der Waals surface area contributed by atoms with Crippen LogP contribution in [0.2, 0.25) is 0 Å². The molecule has 0 aromatic heterocycles. The Morgan fingerprint density at radius 2 is 0.778 bits per heavy atom. The molecule has 0 bridgehead atoms. The monoisotopic (exact) mass is 392 g/mol. The van der Waals surface area contributed by atoms with Gasteiger partial charge in [0.2, 0.25) is 0 Å². The molecule has 0 heterocycles. The van der Waals surface area contributed by atoms with Gasteiger partial charge in [-0.15, -0.1) is 6.58 Å². The van der Waals surface area contributed by atoms with Crippen molar-refractivity contribution in [1.29, 1.82) is 0 Å². The van der Waals surface area contributed by atoms with E-state index in [-0.39, 0.29) is 19.5 Å². The zero-order valence-corrected chi connectivity index (χ0v) is 15.1.